The van der Waals surface area contributed by atoms with Crippen LogP contribution in [0.1, 0.15) is 5.56 Å². The molecule has 0 saturated heterocycles. The highest BCUT2D eigenvalue weighted by Crippen LogP contribution is 2.13. The second-order valence-electron chi connectivity index (χ2n) is 4.78. The minimum absolute atomic E-state index is 0.239. The number of H-pyrrole nitrogens is 1. The van der Waals surface area contributed by atoms with Gasteiger partial charge in [-0.3, -0.25) is 13.9 Å². The Morgan fingerprint density at radius 1 is 1.27 bits per heavy atom. The lowest BCUT2D eigenvalue weighted by atomic mass is 10.2. The Bertz CT molecular complexity index is 1010. The average Bonchev–Trinajstić information content (AvgIpc) is 2.93. The Labute approximate surface area is 129 Å². The molecule has 3 aromatic rings. The largest absolute Gasteiger partial charge is 0.332 e. The first kappa shape index (κ1) is 14.3. The summed E-state index contributed by atoms with van der Waals surface area (Å²) in [6.45, 7) is 0. The number of rotatable bonds is 2. The fourth-order valence-corrected chi connectivity index (χ4v) is 2.30. The van der Waals surface area contributed by atoms with Crippen molar-refractivity contribution in [2.45, 2.75) is 0 Å². The lowest BCUT2D eigenvalue weighted by Crippen LogP contribution is -2.36. The van der Waals surface area contributed by atoms with E-state index in [0.717, 1.165) is 10.1 Å². The molecule has 22 heavy (non-hydrogen) atoms. The molecular formula is C14H12ClN5O2. The van der Waals surface area contributed by atoms with Crippen LogP contribution in [0.2, 0.25) is 5.02 Å². The van der Waals surface area contributed by atoms with Crippen molar-refractivity contribution in [1.29, 1.82) is 0 Å². The van der Waals surface area contributed by atoms with Crippen molar-refractivity contribution >= 4 is 34.9 Å². The zero-order valence-electron chi connectivity index (χ0n) is 11.9. The fraction of sp³-hybridized carbons (Fsp3) is 0.143. The molecule has 0 atom stereocenters. The number of imidazole rings is 1. The molecule has 0 aliphatic carbocycles. The molecule has 0 radical (unpaired) electrons. The Kier molecular flexibility index (Phi) is 3.42. The predicted octanol–water partition coefficient (Wildman–Crippen LogP) is 1.36. The summed E-state index contributed by atoms with van der Waals surface area (Å²) < 4.78 is 2.32. The summed E-state index contributed by atoms with van der Waals surface area (Å²) >= 11 is 5.90. The number of hydrogen-bond donors (Lipinski definition) is 1. The normalized spacial score (nSPS) is 11.6. The summed E-state index contributed by atoms with van der Waals surface area (Å²) in [5, 5.41) is 0.602. The van der Waals surface area contributed by atoms with Gasteiger partial charge in [-0.05, 0) is 17.7 Å². The van der Waals surface area contributed by atoms with E-state index in [1.165, 1.54) is 11.6 Å². The van der Waals surface area contributed by atoms with E-state index in [-0.39, 0.29) is 17.1 Å². The molecule has 1 aromatic carbocycles. The third kappa shape index (κ3) is 2.35. The molecule has 0 bridgehead atoms. The summed E-state index contributed by atoms with van der Waals surface area (Å²) in [6.07, 6.45) is 1.58. The number of aliphatic imine (C=N–C) groups is 1. The number of nitrogens with one attached hydrogen (secondary N) is 1. The summed E-state index contributed by atoms with van der Waals surface area (Å²) in [6, 6.07) is 7.16. The van der Waals surface area contributed by atoms with Gasteiger partial charge in [-0.15, -0.1) is 0 Å². The Balaban J connectivity index is 2.10. The summed E-state index contributed by atoms with van der Waals surface area (Å²) in [5.74, 6) is 0.244. The topological polar surface area (TPSA) is 85.0 Å². The van der Waals surface area contributed by atoms with E-state index in [1.807, 2.05) is 12.1 Å². The molecule has 2 aromatic heterocycles. The van der Waals surface area contributed by atoms with Crippen LogP contribution in [0.3, 0.4) is 0 Å². The molecule has 0 fully saturated rings. The smallest absolute Gasteiger partial charge is 0.316 e. The number of hydrogen-bond acceptors (Lipinski definition) is 4. The first-order valence-corrected chi connectivity index (χ1v) is 6.80. The van der Waals surface area contributed by atoms with Crippen LogP contribution in [0.5, 0.6) is 0 Å². The highest BCUT2D eigenvalue weighted by atomic mass is 35.5. The standard InChI is InChI=1S/C14H12ClN5O2/c1-19-11-10(12(21)20(2)14(19)22)17-13(18-11)16-7-8-4-3-5-9(15)6-8/h3-7H,1-2H3,(H,17,18)/b16-7+. The van der Waals surface area contributed by atoms with E-state index >= 15 is 0 Å². The molecule has 1 N–H and O–H groups in total. The minimum Gasteiger partial charge on any atom is -0.316 e. The number of benzene rings is 1. The van der Waals surface area contributed by atoms with Crippen LogP contribution in [-0.4, -0.2) is 25.3 Å². The van der Waals surface area contributed by atoms with Gasteiger partial charge in [0.25, 0.3) is 5.56 Å². The highest BCUT2D eigenvalue weighted by molar-refractivity contribution is 6.30. The fourth-order valence-electron chi connectivity index (χ4n) is 2.10. The molecule has 0 unspecified atom stereocenters. The van der Waals surface area contributed by atoms with E-state index in [0.29, 0.717) is 5.02 Å². The van der Waals surface area contributed by atoms with Crippen molar-refractivity contribution in [1.82, 2.24) is 19.1 Å². The maximum atomic E-state index is 12.0. The zero-order valence-corrected chi connectivity index (χ0v) is 12.6. The van der Waals surface area contributed by atoms with E-state index in [9.17, 15) is 9.59 Å². The van der Waals surface area contributed by atoms with E-state index < -0.39 is 11.2 Å². The van der Waals surface area contributed by atoms with Crippen molar-refractivity contribution in [3.8, 4) is 0 Å². The number of aromatic amines is 1. The van der Waals surface area contributed by atoms with Gasteiger partial charge in [0.15, 0.2) is 11.2 Å². The molecule has 3 rings (SSSR count). The molecule has 0 saturated carbocycles. The van der Waals surface area contributed by atoms with Gasteiger partial charge < -0.3 is 4.98 Å². The third-order valence-corrected chi connectivity index (χ3v) is 3.50. The second kappa shape index (κ2) is 5.27. The molecule has 0 aliphatic rings. The van der Waals surface area contributed by atoms with E-state index in [1.54, 1.807) is 25.4 Å². The molecule has 0 amide bonds. The van der Waals surface area contributed by atoms with Gasteiger partial charge in [0, 0.05) is 25.3 Å². The minimum atomic E-state index is -0.436. The first-order valence-electron chi connectivity index (χ1n) is 6.43. The van der Waals surface area contributed by atoms with Gasteiger partial charge in [-0.25, -0.2) is 9.79 Å². The van der Waals surface area contributed by atoms with Crippen LogP contribution in [0, 0.1) is 0 Å². The molecule has 8 heteroatoms. The highest BCUT2D eigenvalue weighted by Gasteiger charge is 2.12. The summed E-state index contributed by atoms with van der Waals surface area (Å²) in [4.78, 5) is 35.1. The van der Waals surface area contributed by atoms with Gasteiger partial charge in [0.1, 0.15) is 0 Å². The van der Waals surface area contributed by atoms with Gasteiger partial charge in [-0.2, -0.15) is 4.98 Å². The monoisotopic (exact) mass is 317 g/mol. The first-order chi connectivity index (χ1) is 10.5. The lowest BCUT2D eigenvalue weighted by molar-refractivity contribution is 0.709. The molecule has 0 spiro atoms. The van der Waals surface area contributed by atoms with Crippen molar-refractivity contribution in [2.24, 2.45) is 19.1 Å². The molecular weight excluding hydrogens is 306 g/mol. The molecule has 0 aliphatic heterocycles. The maximum Gasteiger partial charge on any atom is 0.332 e. The quantitative estimate of drug-likeness (QED) is 0.724. The van der Waals surface area contributed by atoms with Crippen LogP contribution in [0.25, 0.3) is 11.2 Å². The van der Waals surface area contributed by atoms with Crippen molar-refractivity contribution in [2.75, 3.05) is 0 Å². The van der Waals surface area contributed by atoms with Crippen LogP contribution in [-0.2, 0) is 14.1 Å². The predicted molar refractivity (Wildman–Crippen MR) is 85.3 cm³/mol. The Morgan fingerprint density at radius 3 is 2.77 bits per heavy atom. The lowest BCUT2D eigenvalue weighted by Gasteiger charge is -2.00. The molecule has 112 valence electrons. The Hall–Kier alpha value is -2.67. The van der Waals surface area contributed by atoms with Gasteiger partial charge in [0.2, 0.25) is 5.95 Å². The molecule has 2 heterocycles. The average molecular weight is 318 g/mol. The Morgan fingerprint density at radius 2 is 2.05 bits per heavy atom. The van der Waals surface area contributed by atoms with Crippen LogP contribution < -0.4 is 11.2 Å². The number of nitrogens with zero attached hydrogens (tertiary/aromatic N) is 4. The maximum absolute atomic E-state index is 12.0. The van der Waals surface area contributed by atoms with E-state index in [2.05, 4.69) is 15.0 Å². The summed E-state index contributed by atoms with van der Waals surface area (Å²) in [7, 11) is 2.97. The second-order valence-corrected chi connectivity index (χ2v) is 5.21. The third-order valence-electron chi connectivity index (χ3n) is 3.27. The van der Waals surface area contributed by atoms with Crippen molar-refractivity contribution in [3.05, 3.63) is 55.7 Å². The number of aromatic nitrogens is 4. The van der Waals surface area contributed by atoms with Crippen LogP contribution in [0.4, 0.5) is 5.95 Å². The van der Waals surface area contributed by atoms with Gasteiger partial charge >= 0.3 is 5.69 Å². The van der Waals surface area contributed by atoms with Crippen molar-refractivity contribution in [3.63, 3.8) is 0 Å². The number of fused-ring (bicyclic) bond motifs is 1. The van der Waals surface area contributed by atoms with Gasteiger partial charge in [0.05, 0.1) is 0 Å². The SMILES string of the molecule is Cn1c(=O)c2[nH]c(/N=C/c3cccc(Cl)c3)nc2n(C)c1=O. The van der Waals surface area contributed by atoms with Crippen LogP contribution in [0.15, 0.2) is 38.8 Å². The van der Waals surface area contributed by atoms with E-state index in [4.69, 9.17) is 11.6 Å². The number of halogens is 1. The van der Waals surface area contributed by atoms with Crippen molar-refractivity contribution < 1.29 is 0 Å². The zero-order chi connectivity index (χ0) is 15.9. The molecule has 7 nitrogen and oxygen atoms in total. The summed E-state index contributed by atoms with van der Waals surface area (Å²) in [5.41, 5.74) is 0.438. The van der Waals surface area contributed by atoms with Crippen LogP contribution >= 0.6 is 11.6 Å². The van der Waals surface area contributed by atoms with Gasteiger partial charge in [-0.1, -0.05) is 23.7 Å². The number of aryl methyl sites for hydroxylation is 1.